The molecule has 148 valence electrons. The molecule has 3 rings (SSSR count). The summed E-state index contributed by atoms with van der Waals surface area (Å²) in [6.45, 7) is 7.46. The lowest BCUT2D eigenvalue weighted by Crippen LogP contribution is -2.15. The fourth-order valence-electron chi connectivity index (χ4n) is 3.19. The van der Waals surface area contributed by atoms with Gasteiger partial charge in [0, 0.05) is 35.9 Å². The number of pyridine rings is 1. The van der Waals surface area contributed by atoms with Crippen LogP contribution in [0.1, 0.15) is 34.1 Å². The summed E-state index contributed by atoms with van der Waals surface area (Å²) in [5.74, 6) is -0.376. The molecule has 29 heavy (non-hydrogen) atoms. The van der Waals surface area contributed by atoms with Crippen LogP contribution in [0, 0.1) is 20.8 Å². The number of anilines is 4. The van der Waals surface area contributed by atoms with Gasteiger partial charge in [-0.15, -0.1) is 0 Å². The molecule has 2 amide bonds. The molecule has 1 aromatic heterocycles. The third-order valence-electron chi connectivity index (χ3n) is 4.40. The summed E-state index contributed by atoms with van der Waals surface area (Å²) in [7, 11) is 0. The Kier molecular flexibility index (Phi) is 5.93. The lowest BCUT2D eigenvalue weighted by molar-refractivity contribution is -0.114. The van der Waals surface area contributed by atoms with E-state index >= 15 is 0 Å². The van der Waals surface area contributed by atoms with Crippen LogP contribution in [-0.4, -0.2) is 16.8 Å². The first-order valence-corrected chi connectivity index (χ1v) is 9.32. The number of nitrogens with one attached hydrogen (secondary N) is 3. The highest BCUT2D eigenvalue weighted by molar-refractivity contribution is 6.04. The quantitative estimate of drug-likeness (QED) is 0.577. The summed E-state index contributed by atoms with van der Waals surface area (Å²) in [6.07, 6.45) is 1.60. The second kappa shape index (κ2) is 8.56. The Balaban J connectivity index is 1.74. The first kappa shape index (κ1) is 20.1. The second-order valence-corrected chi connectivity index (χ2v) is 7.04. The molecule has 3 N–H and O–H groups in total. The number of benzene rings is 2. The summed E-state index contributed by atoms with van der Waals surface area (Å²) in [5.41, 5.74) is 6.64. The molecule has 0 saturated heterocycles. The Morgan fingerprint density at radius 3 is 2.03 bits per heavy atom. The number of nitrogens with zero attached hydrogens (tertiary/aromatic N) is 1. The van der Waals surface area contributed by atoms with Gasteiger partial charge in [-0.2, -0.15) is 0 Å². The molecule has 0 fully saturated rings. The summed E-state index contributed by atoms with van der Waals surface area (Å²) in [6, 6.07) is 14.9. The minimum atomic E-state index is -0.260. The van der Waals surface area contributed by atoms with Crippen molar-refractivity contribution in [3.05, 3.63) is 77.1 Å². The average Bonchev–Trinajstić information content (AvgIpc) is 2.66. The maximum atomic E-state index is 12.7. The molecule has 3 aromatic rings. The van der Waals surface area contributed by atoms with Gasteiger partial charge in [0.25, 0.3) is 5.91 Å². The van der Waals surface area contributed by atoms with Crippen molar-refractivity contribution in [1.29, 1.82) is 0 Å². The highest BCUT2D eigenvalue weighted by Gasteiger charge is 2.12. The van der Waals surface area contributed by atoms with Crippen LogP contribution >= 0.6 is 0 Å². The number of rotatable bonds is 5. The smallest absolute Gasteiger partial charge is 0.274 e. The Morgan fingerprint density at radius 2 is 1.41 bits per heavy atom. The normalized spacial score (nSPS) is 10.3. The van der Waals surface area contributed by atoms with Crippen molar-refractivity contribution in [2.24, 2.45) is 0 Å². The van der Waals surface area contributed by atoms with Gasteiger partial charge in [-0.25, -0.2) is 0 Å². The van der Waals surface area contributed by atoms with Crippen LogP contribution in [0.5, 0.6) is 0 Å². The first-order chi connectivity index (χ1) is 13.8. The van der Waals surface area contributed by atoms with Crippen molar-refractivity contribution < 1.29 is 9.59 Å². The molecule has 0 atom stereocenters. The van der Waals surface area contributed by atoms with E-state index < -0.39 is 0 Å². The molecule has 0 saturated carbocycles. The Morgan fingerprint density at radius 1 is 0.793 bits per heavy atom. The van der Waals surface area contributed by atoms with Crippen molar-refractivity contribution in [3.63, 3.8) is 0 Å². The molecular formula is C23H24N4O2. The molecule has 0 aliphatic rings. The van der Waals surface area contributed by atoms with E-state index in [2.05, 4.69) is 20.9 Å². The molecule has 0 radical (unpaired) electrons. The number of hydrogen-bond acceptors (Lipinski definition) is 4. The van der Waals surface area contributed by atoms with Gasteiger partial charge in [0.15, 0.2) is 0 Å². The number of amides is 2. The molecule has 0 aliphatic carbocycles. The number of carbonyl (C=O) groups is 2. The van der Waals surface area contributed by atoms with E-state index in [9.17, 15) is 9.59 Å². The summed E-state index contributed by atoms with van der Waals surface area (Å²) in [5, 5.41) is 8.94. The Hall–Kier alpha value is -3.67. The molecule has 0 spiro atoms. The lowest BCUT2D eigenvalue weighted by Gasteiger charge is -2.13. The molecular weight excluding hydrogens is 364 g/mol. The zero-order valence-corrected chi connectivity index (χ0v) is 17.0. The molecule has 6 nitrogen and oxygen atoms in total. The SMILES string of the molecule is CC(=O)Nc1ccc(Nc2ccnc(C(=O)Nc3c(C)cc(C)cc3C)c2)cc1. The number of hydrogen-bond donors (Lipinski definition) is 3. The summed E-state index contributed by atoms with van der Waals surface area (Å²) in [4.78, 5) is 28.0. The monoisotopic (exact) mass is 388 g/mol. The van der Waals surface area contributed by atoms with Gasteiger partial charge in [-0.05, 0) is 68.3 Å². The van der Waals surface area contributed by atoms with E-state index in [0.29, 0.717) is 5.69 Å². The van der Waals surface area contributed by atoms with Crippen LogP contribution in [0.15, 0.2) is 54.7 Å². The van der Waals surface area contributed by atoms with Crippen LogP contribution in [-0.2, 0) is 4.79 Å². The zero-order valence-electron chi connectivity index (χ0n) is 17.0. The molecule has 0 aliphatic heterocycles. The van der Waals surface area contributed by atoms with E-state index in [4.69, 9.17) is 0 Å². The van der Waals surface area contributed by atoms with Crippen LogP contribution in [0.25, 0.3) is 0 Å². The first-order valence-electron chi connectivity index (χ1n) is 9.32. The summed E-state index contributed by atoms with van der Waals surface area (Å²) < 4.78 is 0. The predicted octanol–water partition coefficient (Wildman–Crippen LogP) is 4.96. The largest absolute Gasteiger partial charge is 0.355 e. The summed E-state index contributed by atoms with van der Waals surface area (Å²) >= 11 is 0. The minimum absolute atomic E-state index is 0.116. The van der Waals surface area contributed by atoms with Crippen LogP contribution in [0.3, 0.4) is 0 Å². The minimum Gasteiger partial charge on any atom is -0.355 e. The molecule has 0 bridgehead atoms. The zero-order chi connectivity index (χ0) is 21.0. The van der Waals surface area contributed by atoms with Gasteiger partial charge in [0.1, 0.15) is 5.69 Å². The third-order valence-corrected chi connectivity index (χ3v) is 4.40. The van der Waals surface area contributed by atoms with Crippen LogP contribution in [0.2, 0.25) is 0 Å². The van der Waals surface area contributed by atoms with Gasteiger partial charge in [-0.3, -0.25) is 14.6 Å². The van der Waals surface area contributed by atoms with Crippen molar-refractivity contribution in [2.75, 3.05) is 16.0 Å². The fourth-order valence-corrected chi connectivity index (χ4v) is 3.19. The maximum absolute atomic E-state index is 12.7. The molecule has 0 unspecified atom stereocenters. The van der Waals surface area contributed by atoms with Crippen LogP contribution in [0.4, 0.5) is 22.7 Å². The molecule has 6 heteroatoms. The Bertz CT molecular complexity index is 1040. The highest BCUT2D eigenvalue weighted by atomic mass is 16.2. The lowest BCUT2D eigenvalue weighted by atomic mass is 10.0. The number of aryl methyl sites for hydroxylation is 3. The highest BCUT2D eigenvalue weighted by Crippen LogP contribution is 2.23. The van der Waals surface area contributed by atoms with E-state index in [0.717, 1.165) is 39.4 Å². The van der Waals surface area contributed by atoms with Gasteiger partial charge in [0.05, 0.1) is 0 Å². The average molecular weight is 388 g/mol. The van der Waals surface area contributed by atoms with Crippen LogP contribution < -0.4 is 16.0 Å². The van der Waals surface area contributed by atoms with E-state index in [1.807, 2.05) is 57.2 Å². The topological polar surface area (TPSA) is 83.1 Å². The van der Waals surface area contributed by atoms with Crippen molar-refractivity contribution in [2.45, 2.75) is 27.7 Å². The van der Waals surface area contributed by atoms with Gasteiger partial charge in [0.2, 0.25) is 5.91 Å². The van der Waals surface area contributed by atoms with E-state index in [1.54, 1.807) is 18.3 Å². The predicted molar refractivity (Wildman–Crippen MR) is 117 cm³/mol. The molecule has 1 heterocycles. The van der Waals surface area contributed by atoms with E-state index in [-0.39, 0.29) is 11.8 Å². The second-order valence-electron chi connectivity index (χ2n) is 7.04. The standard InChI is InChI=1S/C23H24N4O2/c1-14-11-15(2)22(16(3)12-14)27-23(29)21-13-20(9-10-24-21)26-19-7-5-18(6-8-19)25-17(4)28/h5-13H,1-4H3,(H,24,26)(H,25,28)(H,27,29). The van der Waals surface area contributed by atoms with Crippen molar-refractivity contribution in [3.8, 4) is 0 Å². The Labute approximate surface area is 170 Å². The van der Waals surface area contributed by atoms with Crippen molar-refractivity contribution >= 4 is 34.6 Å². The maximum Gasteiger partial charge on any atom is 0.274 e. The van der Waals surface area contributed by atoms with Crippen molar-refractivity contribution in [1.82, 2.24) is 4.98 Å². The van der Waals surface area contributed by atoms with Gasteiger partial charge >= 0.3 is 0 Å². The van der Waals surface area contributed by atoms with Gasteiger partial charge in [-0.1, -0.05) is 17.7 Å². The number of carbonyl (C=O) groups excluding carboxylic acids is 2. The molecule has 2 aromatic carbocycles. The fraction of sp³-hybridized carbons (Fsp3) is 0.174. The van der Waals surface area contributed by atoms with Gasteiger partial charge < -0.3 is 16.0 Å². The number of aromatic nitrogens is 1. The van der Waals surface area contributed by atoms with E-state index in [1.165, 1.54) is 6.92 Å². The third kappa shape index (κ3) is 5.19.